The van der Waals surface area contributed by atoms with Gasteiger partial charge in [-0.05, 0) is 37.0 Å². The molecule has 1 aromatic rings. The molecule has 1 aliphatic rings. The molecule has 2 atom stereocenters. The van der Waals surface area contributed by atoms with Crippen LogP contribution in [-0.2, 0) is 0 Å². The maximum atomic E-state index is 12.6. The van der Waals surface area contributed by atoms with E-state index in [1.807, 2.05) is 11.9 Å². The SMILES string of the molecule is COc1ccc(C(=O)N(C)C2CCCCC2C)cc1N. The first-order chi connectivity index (χ1) is 9.54. The summed E-state index contributed by atoms with van der Waals surface area (Å²) >= 11 is 0. The lowest BCUT2D eigenvalue weighted by molar-refractivity contribution is 0.0629. The average molecular weight is 276 g/mol. The molecule has 0 aromatic heterocycles. The summed E-state index contributed by atoms with van der Waals surface area (Å²) in [6.45, 7) is 2.23. The minimum atomic E-state index is 0.0399. The number of nitrogen functional groups attached to an aromatic ring is 1. The molecule has 0 heterocycles. The molecule has 4 nitrogen and oxygen atoms in total. The van der Waals surface area contributed by atoms with Gasteiger partial charge in [0.25, 0.3) is 5.91 Å². The van der Waals surface area contributed by atoms with E-state index in [2.05, 4.69) is 6.92 Å². The van der Waals surface area contributed by atoms with Crippen LogP contribution in [0.15, 0.2) is 18.2 Å². The topological polar surface area (TPSA) is 55.6 Å². The highest BCUT2D eigenvalue weighted by Gasteiger charge is 2.28. The molecule has 110 valence electrons. The molecular weight excluding hydrogens is 252 g/mol. The molecule has 0 bridgehead atoms. The van der Waals surface area contributed by atoms with E-state index in [0.717, 1.165) is 6.42 Å². The molecule has 2 unspecified atom stereocenters. The highest BCUT2D eigenvalue weighted by molar-refractivity contribution is 5.95. The number of methoxy groups -OCH3 is 1. The summed E-state index contributed by atoms with van der Waals surface area (Å²) in [5, 5.41) is 0. The Hall–Kier alpha value is -1.71. The highest BCUT2D eigenvalue weighted by atomic mass is 16.5. The number of rotatable bonds is 3. The fourth-order valence-corrected chi connectivity index (χ4v) is 3.09. The molecule has 0 aliphatic heterocycles. The molecule has 1 saturated carbocycles. The van der Waals surface area contributed by atoms with Crippen LogP contribution < -0.4 is 10.5 Å². The van der Waals surface area contributed by atoms with E-state index >= 15 is 0 Å². The Morgan fingerprint density at radius 2 is 2.05 bits per heavy atom. The van der Waals surface area contributed by atoms with Crippen molar-refractivity contribution < 1.29 is 9.53 Å². The van der Waals surface area contributed by atoms with Crippen LogP contribution in [0.25, 0.3) is 0 Å². The number of nitrogens with zero attached hydrogens (tertiary/aromatic N) is 1. The predicted molar refractivity (Wildman–Crippen MR) is 80.9 cm³/mol. The highest BCUT2D eigenvalue weighted by Crippen LogP contribution is 2.29. The first kappa shape index (κ1) is 14.7. The lowest BCUT2D eigenvalue weighted by atomic mass is 9.85. The Labute approximate surface area is 120 Å². The second-order valence-electron chi connectivity index (χ2n) is 5.70. The number of benzene rings is 1. The molecule has 1 aromatic carbocycles. The summed E-state index contributed by atoms with van der Waals surface area (Å²) in [5.41, 5.74) is 7.01. The number of anilines is 1. The van der Waals surface area contributed by atoms with Crippen LogP contribution in [0.5, 0.6) is 5.75 Å². The van der Waals surface area contributed by atoms with Gasteiger partial charge in [0.15, 0.2) is 0 Å². The number of carbonyl (C=O) groups is 1. The molecule has 0 radical (unpaired) electrons. The Balaban J connectivity index is 2.15. The number of hydrogen-bond donors (Lipinski definition) is 1. The van der Waals surface area contributed by atoms with Gasteiger partial charge in [-0.3, -0.25) is 4.79 Å². The zero-order valence-electron chi connectivity index (χ0n) is 12.6. The van der Waals surface area contributed by atoms with Crippen LogP contribution in [-0.4, -0.2) is 31.0 Å². The minimum absolute atomic E-state index is 0.0399. The van der Waals surface area contributed by atoms with Gasteiger partial charge in [0.1, 0.15) is 5.75 Å². The number of amides is 1. The quantitative estimate of drug-likeness (QED) is 0.864. The summed E-state index contributed by atoms with van der Waals surface area (Å²) < 4.78 is 5.12. The standard InChI is InChI=1S/C16H24N2O2/c1-11-6-4-5-7-14(11)18(2)16(19)12-8-9-15(20-3)13(17)10-12/h8-11,14H,4-7,17H2,1-3H3. The number of nitrogens with two attached hydrogens (primary N) is 1. The summed E-state index contributed by atoms with van der Waals surface area (Å²) in [6.07, 6.45) is 4.77. The van der Waals surface area contributed by atoms with Crippen LogP contribution >= 0.6 is 0 Å². The summed E-state index contributed by atoms with van der Waals surface area (Å²) in [5.74, 6) is 1.21. The van der Waals surface area contributed by atoms with E-state index in [-0.39, 0.29) is 5.91 Å². The van der Waals surface area contributed by atoms with Crippen molar-refractivity contribution in [2.45, 2.75) is 38.6 Å². The molecule has 2 rings (SSSR count). The fourth-order valence-electron chi connectivity index (χ4n) is 3.09. The van der Waals surface area contributed by atoms with Crippen molar-refractivity contribution in [3.8, 4) is 5.75 Å². The van der Waals surface area contributed by atoms with Gasteiger partial charge >= 0.3 is 0 Å². The molecule has 2 N–H and O–H groups in total. The maximum absolute atomic E-state index is 12.6. The van der Waals surface area contributed by atoms with Crippen molar-refractivity contribution in [2.75, 3.05) is 19.9 Å². The Bertz CT molecular complexity index is 487. The number of carbonyl (C=O) groups excluding carboxylic acids is 1. The van der Waals surface area contributed by atoms with Gasteiger partial charge in [0, 0.05) is 18.7 Å². The summed E-state index contributed by atoms with van der Waals surface area (Å²) in [7, 11) is 3.47. The Morgan fingerprint density at radius 1 is 1.35 bits per heavy atom. The second-order valence-corrected chi connectivity index (χ2v) is 5.70. The minimum Gasteiger partial charge on any atom is -0.495 e. The van der Waals surface area contributed by atoms with Crippen LogP contribution in [0.3, 0.4) is 0 Å². The number of hydrogen-bond acceptors (Lipinski definition) is 3. The molecular formula is C16H24N2O2. The first-order valence-corrected chi connectivity index (χ1v) is 7.25. The van der Waals surface area contributed by atoms with E-state index in [0.29, 0.717) is 29.0 Å². The summed E-state index contributed by atoms with van der Waals surface area (Å²) in [6, 6.07) is 5.56. The van der Waals surface area contributed by atoms with E-state index in [1.54, 1.807) is 25.3 Å². The third-order valence-electron chi connectivity index (χ3n) is 4.36. The van der Waals surface area contributed by atoms with Crippen molar-refractivity contribution in [2.24, 2.45) is 5.92 Å². The smallest absolute Gasteiger partial charge is 0.253 e. The van der Waals surface area contributed by atoms with Crippen molar-refractivity contribution in [3.05, 3.63) is 23.8 Å². The maximum Gasteiger partial charge on any atom is 0.253 e. The van der Waals surface area contributed by atoms with Gasteiger partial charge in [-0.2, -0.15) is 0 Å². The largest absolute Gasteiger partial charge is 0.495 e. The van der Waals surface area contributed by atoms with Crippen molar-refractivity contribution >= 4 is 11.6 Å². The summed E-state index contributed by atoms with van der Waals surface area (Å²) in [4.78, 5) is 14.5. The lowest BCUT2D eigenvalue weighted by Gasteiger charge is -2.36. The Kier molecular flexibility index (Phi) is 4.53. The third-order valence-corrected chi connectivity index (χ3v) is 4.36. The molecule has 0 saturated heterocycles. The van der Waals surface area contributed by atoms with Gasteiger partial charge in [0.05, 0.1) is 12.8 Å². The molecule has 1 amide bonds. The van der Waals surface area contributed by atoms with Crippen molar-refractivity contribution in [3.63, 3.8) is 0 Å². The number of ether oxygens (including phenoxy) is 1. The molecule has 0 spiro atoms. The molecule has 20 heavy (non-hydrogen) atoms. The molecule has 4 heteroatoms. The van der Waals surface area contributed by atoms with Gasteiger partial charge in [0.2, 0.25) is 0 Å². The van der Waals surface area contributed by atoms with Crippen molar-refractivity contribution in [1.82, 2.24) is 4.90 Å². The van der Waals surface area contributed by atoms with Gasteiger partial charge in [-0.25, -0.2) is 0 Å². The van der Waals surface area contributed by atoms with Crippen LogP contribution in [0.1, 0.15) is 43.0 Å². The monoisotopic (exact) mass is 276 g/mol. The molecule has 1 fully saturated rings. The van der Waals surface area contributed by atoms with Crippen LogP contribution in [0, 0.1) is 5.92 Å². The predicted octanol–water partition coefficient (Wildman–Crippen LogP) is 2.93. The third kappa shape index (κ3) is 2.89. The zero-order valence-corrected chi connectivity index (χ0v) is 12.6. The first-order valence-electron chi connectivity index (χ1n) is 7.25. The van der Waals surface area contributed by atoms with Crippen LogP contribution in [0.4, 0.5) is 5.69 Å². The second kappa shape index (κ2) is 6.16. The molecule has 1 aliphatic carbocycles. The van der Waals surface area contributed by atoms with E-state index < -0.39 is 0 Å². The average Bonchev–Trinajstić information content (AvgIpc) is 2.46. The lowest BCUT2D eigenvalue weighted by Crippen LogP contribution is -2.42. The Morgan fingerprint density at radius 3 is 2.65 bits per heavy atom. The van der Waals surface area contributed by atoms with Crippen molar-refractivity contribution in [1.29, 1.82) is 0 Å². The van der Waals surface area contributed by atoms with E-state index in [1.165, 1.54) is 19.3 Å². The zero-order chi connectivity index (χ0) is 14.7. The van der Waals surface area contributed by atoms with Crippen LogP contribution in [0.2, 0.25) is 0 Å². The normalized spacial score (nSPS) is 22.4. The van der Waals surface area contributed by atoms with Gasteiger partial charge in [-0.15, -0.1) is 0 Å². The van der Waals surface area contributed by atoms with E-state index in [9.17, 15) is 4.79 Å². The van der Waals surface area contributed by atoms with Gasteiger partial charge in [-0.1, -0.05) is 19.8 Å². The van der Waals surface area contributed by atoms with Gasteiger partial charge < -0.3 is 15.4 Å². The van der Waals surface area contributed by atoms with E-state index in [4.69, 9.17) is 10.5 Å². The fraction of sp³-hybridized carbons (Fsp3) is 0.562.